The summed E-state index contributed by atoms with van der Waals surface area (Å²) in [7, 11) is 0. The molecule has 0 radical (unpaired) electrons. The summed E-state index contributed by atoms with van der Waals surface area (Å²) >= 11 is 0. The first-order valence-corrected chi connectivity index (χ1v) is 5.76. The van der Waals surface area contributed by atoms with Crippen LogP contribution in [0.3, 0.4) is 0 Å². The molecule has 3 heteroatoms. The Labute approximate surface area is 95.1 Å². The number of imidazole rings is 1. The number of hydrogen-bond donors (Lipinski definition) is 1. The first-order chi connectivity index (χ1) is 7.95. The number of nitrogens with zero attached hydrogens (tertiary/aromatic N) is 2. The summed E-state index contributed by atoms with van der Waals surface area (Å²) in [5.74, 6) is 0. The van der Waals surface area contributed by atoms with Crippen LogP contribution in [0.15, 0.2) is 42.9 Å². The van der Waals surface area contributed by atoms with Crippen LogP contribution in [0.1, 0.15) is 24.6 Å². The van der Waals surface area contributed by atoms with Crippen LogP contribution >= 0.6 is 0 Å². The van der Waals surface area contributed by atoms with Gasteiger partial charge in [0.15, 0.2) is 0 Å². The van der Waals surface area contributed by atoms with E-state index in [9.17, 15) is 0 Å². The number of rotatable bonds is 2. The van der Waals surface area contributed by atoms with E-state index >= 15 is 0 Å². The molecule has 0 saturated carbocycles. The van der Waals surface area contributed by atoms with E-state index < -0.39 is 0 Å². The Morgan fingerprint density at radius 3 is 2.88 bits per heavy atom. The van der Waals surface area contributed by atoms with Gasteiger partial charge >= 0.3 is 0 Å². The van der Waals surface area contributed by atoms with Crippen molar-refractivity contribution in [2.24, 2.45) is 0 Å². The van der Waals surface area contributed by atoms with Crippen molar-refractivity contribution in [3.8, 4) is 5.69 Å². The van der Waals surface area contributed by atoms with Gasteiger partial charge in [0, 0.05) is 11.7 Å². The third kappa shape index (κ3) is 1.63. The molecule has 3 rings (SSSR count). The van der Waals surface area contributed by atoms with Crippen molar-refractivity contribution in [1.82, 2.24) is 14.9 Å². The summed E-state index contributed by atoms with van der Waals surface area (Å²) in [5, 5.41) is 3.51. The van der Waals surface area contributed by atoms with Crippen molar-refractivity contribution in [2.75, 3.05) is 6.54 Å². The van der Waals surface area contributed by atoms with Crippen LogP contribution in [0.2, 0.25) is 0 Å². The van der Waals surface area contributed by atoms with E-state index in [4.69, 9.17) is 0 Å². The van der Waals surface area contributed by atoms with Crippen LogP contribution in [0.4, 0.5) is 0 Å². The summed E-state index contributed by atoms with van der Waals surface area (Å²) < 4.78 is 2.17. The third-order valence-corrected chi connectivity index (χ3v) is 3.12. The maximum atomic E-state index is 4.27. The molecule has 0 bridgehead atoms. The minimum Gasteiger partial charge on any atom is -0.309 e. The topological polar surface area (TPSA) is 29.9 Å². The lowest BCUT2D eigenvalue weighted by atomic mass is 10.1. The summed E-state index contributed by atoms with van der Waals surface area (Å²) in [6, 6.07) is 10.8. The number of benzene rings is 1. The molecule has 1 aromatic carbocycles. The molecule has 1 aliphatic rings. The minimum atomic E-state index is 0.461. The Hall–Kier alpha value is -1.61. The summed E-state index contributed by atoms with van der Waals surface area (Å²) in [4.78, 5) is 4.27. The molecule has 1 saturated heterocycles. The van der Waals surface area contributed by atoms with E-state index in [0.717, 1.165) is 6.54 Å². The standard InChI is InChI=1S/C13H15N3/c1-2-5-11(6-3-1)16-10-14-9-13(16)12-7-4-8-15-12/h1-3,5-6,9-10,12,15H,4,7-8H2. The average molecular weight is 213 g/mol. The van der Waals surface area contributed by atoms with Crippen LogP contribution in [0.25, 0.3) is 5.69 Å². The van der Waals surface area contributed by atoms with Gasteiger partial charge in [-0.05, 0) is 31.5 Å². The highest BCUT2D eigenvalue weighted by molar-refractivity contribution is 5.34. The second kappa shape index (κ2) is 4.10. The van der Waals surface area contributed by atoms with Crippen molar-refractivity contribution >= 4 is 0 Å². The zero-order valence-corrected chi connectivity index (χ0v) is 9.13. The number of hydrogen-bond acceptors (Lipinski definition) is 2. The molecule has 0 amide bonds. The Morgan fingerprint density at radius 2 is 2.12 bits per heavy atom. The van der Waals surface area contributed by atoms with Crippen LogP contribution in [-0.4, -0.2) is 16.1 Å². The molecule has 1 fully saturated rings. The minimum absolute atomic E-state index is 0.461. The molecule has 1 unspecified atom stereocenters. The Kier molecular flexibility index (Phi) is 2.46. The first kappa shape index (κ1) is 9.60. The molecule has 2 aromatic rings. The molecule has 0 spiro atoms. The molecule has 1 N–H and O–H groups in total. The van der Waals surface area contributed by atoms with Crippen LogP contribution in [0.5, 0.6) is 0 Å². The highest BCUT2D eigenvalue weighted by Crippen LogP contribution is 2.24. The monoisotopic (exact) mass is 213 g/mol. The molecule has 0 aliphatic carbocycles. The number of nitrogens with one attached hydrogen (secondary N) is 1. The largest absolute Gasteiger partial charge is 0.309 e. The second-order valence-electron chi connectivity index (χ2n) is 4.17. The lowest BCUT2D eigenvalue weighted by Gasteiger charge is -2.13. The second-order valence-corrected chi connectivity index (χ2v) is 4.17. The van der Waals surface area contributed by atoms with Crippen molar-refractivity contribution in [3.05, 3.63) is 48.5 Å². The number of para-hydroxylation sites is 1. The normalized spacial score (nSPS) is 20.1. The highest BCUT2D eigenvalue weighted by atomic mass is 15.1. The van der Waals surface area contributed by atoms with Crippen molar-refractivity contribution < 1.29 is 0 Å². The van der Waals surface area contributed by atoms with Gasteiger partial charge in [-0.1, -0.05) is 18.2 Å². The lowest BCUT2D eigenvalue weighted by Crippen LogP contribution is -2.16. The zero-order chi connectivity index (χ0) is 10.8. The van der Waals surface area contributed by atoms with Gasteiger partial charge in [0.1, 0.15) is 0 Å². The molecule has 1 aliphatic heterocycles. The molecule has 1 atom stereocenters. The number of aromatic nitrogens is 2. The first-order valence-electron chi connectivity index (χ1n) is 5.76. The van der Waals surface area contributed by atoms with Crippen molar-refractivity contribution in [1.29, 1.82) is 0 Å². The fourth-order valence-electron chi connectivity index (χ4n) is 2.30. The Morgan fingerprint density at radius 1 is 1.25 bits per heavy atom. The SMILES string of the molecule is c1ccc(-n2cncc2C2CCCN2)cc1. The van der Waals surface area contributed by atoms with Gasteiger partial charge in [-0.25, -0.2) is 4.98 Å². The van der Waals surface area contributed by atoms with Crippen molar-refractivity contribution in [2.45, 2.75) is 18.9 Å². The lowest BCUT2D eigenvalue weighted by molar-refractivity contribution is 0.615. The molecule has 3 nitrogen and oxygen atoms in total. The third-order valence-electron chi connectivity index (χ3n) is 3.12. The van der Waals surface area contributed by atoms with Gasteiger partial charge in [0.2, 0.25) is 0 Å². The summed E-state index contributed by atoms with van der Waals surface area (Å²) in [5.41, 5.74) is 2.45. The van der Waals surface area contributed by atoms with Crippen molar-refractivity contribution in [3.63, 3.8) is 0 Å². The van der Waals surface area contributed by atoms with Gasteiger partial charge in [0.05, 0.1) is 18.2 Å². The Balaban J connectivity index is 1.99. The van der Waals surface area contributed by atoms with E-state index in [1.165, 1.54) is 24.2 Å². The smallest absolute Gasteiger partial charge is 0.0994 e. The summed E-state index contributed by atoms with van der Waals surface area (Å²) in [6.07, 6.45) is 6.32. The van der Waals surface area contributed by atoms with E-state index in [1.807, 2.05) is 18.6 Å². The average Bonchev–Trinajstić information content (AvgIpc) is 3.01. The molecule has 2 heterocycles. The highest BCUT2D eigenvalue weighted by Gasteiger charge is 2.19. The van der Waals surface area contributed by atoms with E-state index in [-0.39, 0.29) is 0 Å². The van der Waals surface area contributed by atoms with E-state index in [1.54, 1.807) is 0 Å². The van der Waals surface area contributed by atoms with E-state index in [2.05, 4.69) is 39.1 Å². The maximum absolute atomic E-state index is 4.27. The summed E-state index contributed by atoms with van der Waals surface area (Å²) in [6.45, 7) is 1.12. The molecular weight excluding hydrogens is 198 g/mol. The Bertz CT molecular complexity index is 455. The van der Waals surface area contributed by atoms with Crippen LogP contribution < -0.4 is 5.32 Å². The molecular formula is C13H15N3. The molecule has 1 aromatic heterocycles. The fraction of sp³-hybridized carbons (Fsp3) is 0.308. The zero-order valence-electron chi connectivity index (χ0n) is 9.13. The molecule has 16 heavy (non-hydrogen) atoms. The van der Waals surface area contributed by atoms with Gasteiger partial charge in [-0.2, -0.15) is 0 Å². The van der Waals surface area contributed by atoms with Gasteiger partial charge < -0.3 is 9.88 Å². The fourth-order valence-corrected chi connectivity index (χ4v) is 2.30. The van der Waals surface area contributed by atoms with Gasteiger partial charge in [0.25, 0.3) is 0 Å². The quantitative estimate of drug-likeness (QED) is 0.829. The van der Waals surface area contributed by atoms with E-state index in [0.29, 0.717) is 6.04 Å². The van der Waals surface area contributed by atoms with Gasteiger partial charge in [-0.15, -0.1) is 0 Å². The predicted molar refractivity (Wildman–Crippen MR) is 63.5 cm³/mol. The predicted octanol–water partition coefficient (Wildman–Crippen LogP) is 2.30. The van der Waals surface area contributed by atoms with Gasteiger partial charge in [-0.3, -0.25) is 0 Å². The van der Waals surface area contributed by atoms with Crippen LogP contribution in [0, 0.1) is 0 Å². The molecule has 82 valence electrons. The maximum Gasteiger partial charge on any atom is 0.0994 e. The van der Waals surface area contributed by atoms with Crippen LogP contribution in [-0.2, 0) is 0 Å².